The zero-order chi connectivity index (χ0) is 23.4. The molecule has 2 aliphatic rings. The highest BCUT2D eigenvalue weighted by atomic mass is 32.2. The molecule has 2 saturated heterocycles. The first kappa shape index (κ1) is 23.4. The van der Waals surface area contributed by atoms with Crippen LogP contribution >= 0.6 is 0 Å². The quantitative estimate of drug-likeness (QED) is 0.713. The molecule has 0 unspecified atom stereocenters. The van der Waals surface area contributed by atoms with Crippen LogP contribution in [0.3, 0.4) is 0 Å². The van der Waals surface area contributed by atoms with Gasteiger partial charge in [-0.15, -0.1) is 0 Å². The molecule has 2 fully saturated rings. The van der Waals surface area contributed by atoms with Crippen LogP contribution < -0.4 is 5.32 Å². The first-order chi connectivity index (χ1) is 15.9. The van der Waals surface area contributed by atoms with Crippen molar-refractivity contribution in [2.45, 2.75) is 6.92 Å². The van der Waals surface area contributed by atoms with E-state index in [1.165, 1.54) is 8.61 Å². The van der Waals surface area contributed by atoms with Gasteiger partial charge in [0, 0.05) is 56.1 Å². The lowest BCUT2D eigenvalue weighted by Crippen LogP contribution is -2.55. The van der Waals surface area contributed by atoms with Gasteiger partial charge in [0.15, 0.2) is 0 Å². The van der Waals surface area contributed by atoms with Crippen molar-refractivity contribution in [3.63, 3.8) is 0 Å². The van der Waals surface area contributed by atoms with E-state index in [1.54, 1.807) is 47.4 Å². The van der Waals surface area contributed by atoms with Gasteiger partial charge in [-0.2, -0.15) is 17.0 Å². The van der Waals surface area contributed by atoms with Gasteiger partial charge in [0.05, 0.1) is 13.2 Å². The standard InChI is InChI=1S/C23H28N4O5S/c1-18-7-8-20(17-21(18)24-22(28)19-5-3-2-4-6-19)23(29)25-9-11-26(12-10-25)33(30,31)27-13-15-32-16-14-27/h2-8,17H,9-16H2,1H3,(H,24,28). The maximum absolute atomic E-state index is 13.1. The molecule has 2 aromatic carbocycles. The van der Waals surface area contributed by atoms with Crippen molar-refractivity contribution in [2.24, 2.45) is 0 Å². The maximum Gasteiger partial charge on any atom is 0.282 e. The van der Waals surface area contributed by atoms with Gasteiger partial charge < -0.3 is 15.0 Å². The molecule has 0 spiro atoms. The lowest BCUT2D eigenvalue weighted by atomic mass is 10.1. The molecule has 0 aliphatic carbocycles. The van der Waals surface area contributed by atoms with Crippen molar-refractivity contribution < 1.29 is 22.7 Å². The normalized spacial score (nSPS) is 18.2. The third-order valence-electron chi connectivity index (χ3n) is 5.92. The second-order valence-electron chi connectivity index (χ2n) is 8.06. The lowest BCUT2D eigenvalue weighted by molar-refractivity contribution is 0.0636. The molecule has 2 heterocycles. The Hall–Kier alpha value is -2.79. The minimum Gasteiger partial charge on any atom is -0.379 e. The Labute approximate surface area is 194 Å². The number of carbonyl (C=O) groups is 2. The second kappa shape index (κ2) is 10.0. The van der Waals surface area contributed by atoms with E-state index in [0.717, 1.165) is 5.56 Å². The number of anilines is 1. The first-order valence-corrected chi connectivity index (χ1v) is 12.4. The van der Waals surface area contributed by atoms with Crippen LogP contribution in [-0.4, -0.2) is 86.2 Å². The molecule has 2 aliphatic heterocycles. The van der Waals surface area contributed by atoms with Gasteiger partial charge in [-0.25, -0.2) is 0 Å². The van der Waals surface area contributed by atoms with Crippen LogP contribution in [0.25, 0.3) is 0 Å². The Morgan fingerprint density at radius 3 is 2.15 bits per heavy atom. The lowest BCUT2D eigenvalue weighted by Gasteiger charge is -2.37. The molecule has 0 radical (unpaired) electrons. The molecule has 0 bridgehead atoms. The molecule has 2 amide bonds. The van der Waals surface area contributed by atoms with Crippen molar-refractivity contribution >= 4 is 27.7 Å². The molecular formula is C23H28N4O5S. The molecule has 176 valence electrons. The summed E-state index contributed by atoms with van der Waals surface area (Å²) in [7, 11) is -3.55. The van der Waals surface area contributed by atoms with Crippen LogP contribution in [0, 0.1) is 6.92 Å². The fourth-order valence-corrected chi connectivity index (χ4v) is 5.48. The van der Waals surface area contributed by atoms with Crippen molar-refractivity contribution in [2.75, 3.05) is 57.8 Å². The average Bonchev–Trinajstić information content (AvgIpc) is 2.86. The summed E-state index contributed by atoms with van der Waals surface area (Å²) in [5.74, 6) is -0.432. The van der Waals surface area contributed by atoms with E-state index < -0.39 is 10.2 Å². The topological polar surface area (TPSA) is 99.3 Å². The average molecular weight is 473 g/mol. The monoisotopic (exact) mass is 472 g/mol. The number of benzene rings is 2. The number of morpholine rings is 1. The van der Waals surface area contributed by atoms with E-state index in [2.05, 4.69) is 5.32 Å². The number of ether oxygens (including phenoxy) is 1. The summed E-state index contributed by atoms with van der Waals surface area (Å²) in [6.45, 7) is 4.46. The molecule has 9 nitrogen and oxygen atoms in total. The number of nitrogens with one attached hydrogen (secondary N) is 1. The van der Waals surface area contributed by atoms with Crippen molar-refractivity contribution in [1.82, 2.24) is 13.5 Å². The maximum atomic E-state index is 13.1. The Bertz CT molecular complexity index is 1110. The Balaban J connectivity index is 1.40. The molecule has 0 atom stereocenters. The number of amides is 2. The van der Waals surface area contributed by atoms with Gasteiger partial charge in [0.1, 0.15) is 0 Å². The summed E-state index contributed by atoms with van der Waals surface area (Å²) in [6.07, 6.45) is 0. The molecule has 2 aromatic rings. The van der Waals surface area contributed by atoms with Crippen LogP contribution in [0.2, 0.25) is 0 Å². The number of hydrogen-bond acceptors (Lipinski definition) is 5. The molecule has 4 rings (SSSR count). The summed E-state index contributed by atoms with van der Waals surface area (Å²) in [6, 6.07) is 14.1. The number of hydrogen-bond donors (Lipinski definition) is 1. The summed E-state index contributed by atoms with van der Waals surface area (Å²) in [5, 5.41) is 2.88. The van der Waals surface area contributed by atoms with E-state index in [-0.39, 0.29) is 24.9 Å². The number of rotatable bonds is 5. The van der Waals surface area contributed by atoms with Crippen LogP contribution in [0.5, 0.6) is 0 Å². The first-order valence-electron chi connectivity index (χ1n) is 11.0. The Morgan fingerprint density at radius 2 is 1.48 bits per heavy atom. The SMILES string of the molecule is Cc1ccc(C(=O)N2CCN(S(=O)(=O)N3CCOCC3)CC2)cc1NC(=O)c1ccccc1. The zero-order valence-electron chi connectivity index (χ0n) is 18.6. The predicted molar refractivity (Wildman–Crippen MR) is 124 cm³/mol. The molecular weight excluding hydrogens is 444 g/mol. The van der Waals surface area contributed by atoms with Gasteiger partial charge in [-0.3, -0.25) is 9.59 Å². The summed E-state index contributed by atoms with van der Waals surface area (Å²) in [5.41, 5.74) is 2.40. The van der Waals surface area contributed by atoms with Crippen LogP contribution in [-0.2, 0) is 14.9 Å². The summed E-state index contributed by atoms with van der Waals surface area (Å²) >= 11 is 0. The fourth-order valence-electron chi connectivity index (χ4n) is 3.92. The van der Waals surface area contributed by atoms with Crippen molar-refractivity contribution in [1.29, 1.82) is 0 Å². The molecule has 0 aromatic heterocycles. The van der Waals surface area contributed by atoms with Crippen LogP contribution in [0.15, 0.2) is 48.5 Å². The third kappa shape index (κ3) is 5.25. The second-order valence-corrected chi connectivity index (χ2v) is 9.99. The Morgan fingerprint density at radius 1 is 0.848 bits per heavy atom. The fraction of sp³-hybridized carbons (Fsp3) is 0.391. The highest BCUT2D eigenvalue weighted by Gasteiger charge is 2.34. The highest BCUT2D eigenvalue weighted by molar-refractivity contribution is 7.86. The van der Waals surface area contributed by atoms with Crippen molar-refractivity contribution in [3.8, 4) is 0 Å². The minimum absolute atomic E-state index is 0.186. The largest absolute Gasteiger partial charge is 0.379 e. The van der Waals surface area contributed by atoms with E-state index in [0.29, 0.717) is 56.2 Å². The van der Waals surface area contributed by atoms with Crippen molar-refractivity contribution in [3.05, 3.63) is 65.2 Å². The van der Waals surface area contributed by atoms with Crippen LogP contribution in [0.1, 0.15) is 26.3 Å². The molecule has 10 heteroatoms. The highest BCUT2D eigenvalue weighted by Crippen LogP contribution is 2.21. The smallest absolute Gasteiger partial charge is 0.282 e. The predicted octanol–water partition coefficient (Wildman–Crippen LogP) is 1.58. The minimum atomic E-state index is -3.55. The zero-order valence-corrected chi connectivity index (χ0v) is 19.4. The number of nitrogens with zero attached hydrogens (tertiary/aromatic N) is 3. The van der Waals surface area contributed by atoms with Gasteiger partial charge in [-0.05, 0) is 36.8 Å². The number of aryl methyl sites for hydroxylation is 1. The molecule has 0 saturated carbocycles. The van der Waals surface area contributed by atoms with Gasteiger partial charge in [0.2, 0.25) is 0 Å². The van der Waals surface area contributed by atoms with E-state index in [1.807, 2.05) is 13.0 Å². The van der Waals surface area contributed by atoms with Gasteiger partial charge in [0.25, 0.3) is 22.0 Å². The van der Waals surface area contributed by atoms with E-state index in [4.69, 9.17) is 4.74 Å². The van der Waals surface area contributed by atoms with E-state index in [9.17, 15) is 18.0 Å². The molecule has 1 N–H and O–H groups in total. The molecule has 33 heavy (non-hydrogen) atoms. The van der Waals surface area contributed by atoms with Crippen LogP contribution in [0.4, 0.5) is 5.69 Å². The summed E-state index contributed by atoms with van der Waals surface area (Å²) < 4.78 is 33.8. The number of piperazine rings is 1. The van der Waals surface area contributed by atoms with Gasteiger partial charge >= 0.3 is 0 Å². The van der Waals surface area contributed by atoms with Gasteiger partial charge in [-0.1, -0.05) is 24.3 Å². The third-order valence-corrected chi connectivity index (χ3v) is 7.95. The summed E-state index contributed by atoms with van der Waals surface area (Å²) in [4.78, 5) is 27.3. The van der Waals surface area contributed by atoms with E-state index >= 15 is 0 Å². The number of carbonyl (C=O) groups excluding carboxylic acids is 2. The Kier molecular flexibility index (Phi) is 7.08.